The number of carbonyl (C=O) groups is 1. The average molecular weight is 353 g/mol. The molecule has 20 heavy (non-hydrogen) atoms. The highest BCUT2D eigenvalue weighted by Crippen LogP contribution is 2.28. The van der Waals surface area contributed by atoms with Gasteiger partial charge in [-0.15, -0.1) is 0 Å². The van der Waals surface area contributed by atoms with E-state index in [1.165, 1.54) is 24.3 Å². The smallest absolute Gasteiger partial charge is 0.186 e. The third-order valence-corrected chi connectivity index (χ3v) is 3.62. The van der Waals surface area contributed by atoms with E-state index < -0.39 is 17.5 Å². The Kier molecular flexibility index (Phi) is 4.53. The van der Waals surface area contributed by atoms with E-state index in [-0.39, 0.29) is 16.1 Å². The van der Waals surface area contributed by atoms with Crippen molar-refractivity contribution >= 4 is 33.3 Å². The molecule has 0 aliphatic carbocycles. The average Bonchev–Trinajstić information content (AvgIpc) is 2.44. The number of halogens is 3. The normalized spacial score (nSPS) is 11.7. The molecule has 0 amide bonds. The standard InChI is InChI=1S/C15H8BrClFNO/c16-9-5-6-13(17)11(7-9)15(20)12(8-19)10-3-1-2-4-14(10)18/h1-7,12H. The lowest BCUT2D eigenvalue weighted by atomic mass is 9.91. The van der Waals surface area contributed by atoms with Gasteiger partial charge in [-0.25, -0.2) is 4.39 Å². The second-order valence-corrected chi connectivity index (χ2v) is 5.39. The Labute approximate surface area is 128 Å². The third-order valence-electron chi connectivity index (χ3n) is 2.80. The summed E-state index contributed by atoms with van der Waals surface area (Å²) in [5.74, 6) is -2.33. The van der Waals surface area contributed by atoms with Crippen LogP contribution in [0.3, 0.4) is 0 Å². The van der Waals surface area contributed by atoms with Crippen LogP contribution >= 0.6 is 27.5 Å². The topological polar surface area (TPSA) is 40.9 Å². The van der Waals surface area contributed by atoms with Crippen LogP contribution in [0.5, 0.6) is 0 Å². The number of rotatable bonds is 3. The highest BCUT2D eigenvalue weighted by atomic mass is 79.9. The number of carbonyl (C=O) groups excluding carboxylic acids is 1. The van der Waals surface area contributed by atoms with Gasteiger partial charge in [0.2, 0.25) is 0 Å². The van der Waals surface area contributed by atoms with Crippen LogP contribution in [0.1, 0.15) is 21.8 Å². The molecular weight excluding hydrogens is 345 g/mol. The van der Waals surface area contributed by atoms with Crippen LogP contribution in [0.4, 0.5) is 4.39 Å². The molecule has 2 nitrogen and oxygen atoms in total. The molecule has 0 aliphatic rings. The number of nitriles is 1. The summed E-state index contributed by atoms with van der Waals surface area (Å²) in [4.78, 5) is 12.4. The summed E-state index contributed by atoms with van der Waals surface area (Å²) < 4.78 is 14.4. The van der Waals surface area contributed by atoms with Gasteiger partial charge >= 0.3 is 0 Å². The Bertz CT molecular complexity index is 711. The lowest BCUT2D eigenvalue weighted by Crippen LogP contribution is -2.13. The van der Waals surface area contributed by atoms with Gasteiger partial charge in [0.1, 0.15) is 11.7 Å². The van der Waals surface area contributed by atoms with Crippen molar-refractivity contribution in [2.75, 3.05) is 0 Å². The zero-order valence-corrected chi connectivity index (χ0v) is 12.5. The SMILES string of the molecule is N#CC(C(=O)c1cc(Br)ccc1Cl)c1ccccc1F. The summed E-state index contributed by atoms with van der Waals surface area (Å²) in [6.45, 7) is 0. The molecule has 2 rings (SSSR count). The van der Waals surface area contributed by atoms with Gasteiger partial charge < -0.3 is 0 Å². The zero-order chi connectivity index (χ0) is 14.7. The monoisotopic (exact) mass is 351 g/mol. The van der Waals surface area contributed by atoms with Gasteiger partial charge in [0.05, 0.1) is 11.1 Å². The quantitative estimate of drug-likeness (QED) is 0.749. The van der Waals surface area contributed by atoms with Gasteiger partial charge in [0, 0.05) is 15.6 Å². The van der Waals surface area contributed by atoms with Gasteiger partial charge in [-0.05, 0) is 24.3 Å². The van der Waals surface area contributed by atoms with Crippen molar-refractivity contribution in [1.29, 1.82) is 5.26 Å². The van der Waals surface area contributed by atoms with Gasteiger partial charge in [-0.1, -0.05) is 45.7 Å². The minimum Gasteiger partial charge on any atom is -0.292 e. The molecule has 5 heteroatoms. The lowest BCUT2D eigenvalue weighted by molar-refractivity contribution is 0.0977. The highest BCUT2D eigenvalue weighted by molar-refractivity contribution is 9.10. The van der Waals surface area contributed by atoms with Gasteiger partial charge in [0.15, 0.2) is 5.78 Å². The molecule has 0 aromatic heterocycles. The second kappa shape index (κ2) is 6.17. The van der Waals surface area contributed by atoms with Crippen LogP contribution < -0.4 is 0 Å². The zero-order valence-electron chi connectivity index (χ0n) is 10.1. The van der Waals surface area contributed by atoms with E-state index in [4.69, 9.17) is 11.6 Å². The number of benzene rings is 2. The van der Waals surface area contributed by atoms with Crippen LogP contribution in [0.25, 0.3) is 0 Å². The van der Waals surface area contributed by atoms with E-state index in [2.05, 4.69) is 15.9 Å². The van der Waals surface area contributed by atoms with Crippen LogP contribution in [-0.4, -0.2) is 5.78 Å². The Balaban J connectivity index is 2.48. The minimum absolute atomic E-state index is 0.0519. The van der Waals surface area contributed by atoms with Crippen molar-refractivity contribution in [3.63, 3.8) is 0 Å². The van der Waals surface area contributed by atoms with E-state index in [0.29, 0.717) is 4.47 Å². The van der Waals surface area contributed by atoms with Crippen molar-refractivity contribution in [1.82, 2.24) is 0 Å². The molecule has 0 saturated heterocycles. The summed E-state index contributed by atoms with van der Waals surface area (Å²) in [5, 5.41) is 9.43. The molecule has 0 heterocycles. The van der Waals surface area contributed by atoms with E-state index in [0.717, 1.165) is 0 Å². The summed E-state index contributed by atoms with van der Waals surface area (Å²) >= 11 is 9.21. The van der Waals surface area contributed by atoms with Crippen molar-refractivity contribution in [3.05, 3.63) is 68.9 Å². The molecule has 1 atom stereocenters. The lowest BCUT2D eigenvalue weighted by Gasteiger charge is -2.11. The summed E-state index contributed by atoms with van der Waals surface area (Å²) in [7, 11) is 0. The fraction of sp³-hybridized carbons (Fsp3) is 0.0667. The molecule has 0 aliphatic heterocycles. The molecule has 0 fully saturated rings. The maximum atomic E-state index is 13.7. The molecule has 2 aromatic carbocycles. The van der Waals surface area contributed by atoms with Crippen molar-refractivity contribution < 1.29 is 9.18 Å². The first-order chi connectivity index (χ1) is 9.54. The molecule has 1 unspecified atom stereocenters. The molecule has 0 bridgehead atoms. The predicted molar refractivity (Wildman–Crippen MR) is 78.2 cm³/mol. The largest absolute Gasteiger partial charge is 0.292 e. The molecule has 0 radical (unpaired) electrons. The molecular formula is C15H8BrClFNO. The van der Waals surface area contributed by atoms with E-state index >= 15 is 0 Å². The molecule has 0 N–H and O–H groups in total. The highest BCUT2D eigenvalue weighted by Gasteiger charge is 2.26. The maximum Gasteiger partial charge on any atom is 0.186 e. The Hall–Kier alpha value is -1.70. The van der Waals surface area contributed by atoms with Crippen LogP contribution in [0, 0.1) is 17.1 Å². The Morgan fingerprint density at radius 1 is 1.30 bits per heavy atom. The fourth-order valence-corrected chi connectivity index (χ4v) is 2.39. The fourth-order valence-electron chi connectivity index (χ4n) is 1.82. The van der Waals surface area contributed by atoms with Crippen LogP contribution in [-0.2, 0) is 0 Å². The molecule has 0 spiro atoms. The summed E-state index contributed by atoms with van der Waals surface area (Å²) in [6, 6.07) is 12.3. The Morgan fingerprint density at radius 2 is 2.00 bits per heavy atom. The van der Waals surface area contributed by atoms with Crippen molar-refractivity contribution in [2.45, 2.75) is 5.92 Å². The van der Waals surface area contributed by atoms with E-state index in [1.807, 2.05) is 6.07 Å². The maximum absolute atomic E-state index is 13.7. The van der Waals surface area contributed by atoms with Gasteiger partial charge in [0.25, 0.3) is 0 Å². The predicted octanol–water partition coefficient (Wildman–Crippen LogP) is 4.73. The first-order valence-electron chi connectivity index (χ1n) is 5.68. The van der Waals surface area contributed by atoms with Gasteiger partial charge in [-0.3, -0.25) is 4.79 Å². The number of hydrogen-bond acceptors (Lipinski definition) is 2. The minimum atomic E-state index is -1.22. The molecule has 2 aromatic rings. The van der Waals surface area contributed by atoms with E-state index in [9.17, 15) is 14.4 Å². The summed E-state index contributed by atoms with van der Waals surface area (Å²) in [6.07, 6.45) is 0. The Morgan fingerprint density at radius 3 is 2.65 bits per heavy atom. The number of hydrogen-bond donors (Lipinski definition) is 0. The molecule has 0 saturated carbocycles. The van der Waals surface area contributed by atoms with Crippen molar-refractivity contribution in [2.24, 2.45) is 0 Å². The first kappa shape index (κ1) is 14.7. The summed E-state index contributed by atoms with van der Waals surface area (Å²) in [5.41, 5.74) is 0.242. The molecule has 100 valence electrons. The van der Waals surface area contributed by atoms with Gasteiger partial charge in [-0.2, -0.15) is 5.26 Å². The van der Waals surface area contributed by atoms with E-state index in [1.54, 1.807) is 18.2 Å². The number of ketones is 1. The third kappa shape index (κ3) is 2.90. The second-order valence-electron chi connectivity index (χ2n) is 4.07. The van der Waals surface area contributed by atoms with Crippen LogP contribution in [0.2, 0.25) is 5.02 Å². The first-order valence-corrected chi connectivity index (χ1v) is 6.85. The number of Topliss-reactive ketones (excluding diaryl/α,β-unsaturated/α-hetero) is 1. The number of nitrogens with zero attached hydrogens (tertiary/aromatic N) is 1. The van der Waals surface area contributed by atoms with Crippen molar-refractivity contribution in [3.8, 4) is 6.07 Å². The van der Waals surface area contributed by atoms with Crippen LogP contribution in [0.15, 0.2) is 46.9 Å².